The van der Waals surface area contributed by atoms with Crippen molar-refractivity contribution < 1.29 is 24.2 Å². The number of benzene rings is 2. The van der Waals surface area contributed by atoms with Crippen LogP contribution in [0.4, 0.5) is 0 Å². The summed E-state index contributed by atoms with van der Waals surface area (Å²) < 4.78 is 12.5. The Hall–Kier alpha value is -3.92. The molecule has 0 radical (unpaired) electrons. The molecule has 2 aliphatic rings. The van der Waals surface area contributed by atoms with E-state index in [-0.39, 0.29) is 40.1 Å². The van der Waals surface area contributed by atoms with Crippen molar-refractivity contribution in [2.45, 2.75) is 37.7 Å². The summed E-state index contributed by atoms with van der Waals surface area (Å²) in [5, 5.41) is 22.2. The Balaban J connectivity index is 1.24. The summed E-state index contributed by atoms with van der Waals surface area (Å²) in [7, 11) is 1.96. The molecule has 2 aromatic heterocycles. The first-order chi connectivity index (χ1) is 21.3. The number of carbonyl (C=O) groups excluding carboxylic acids is 1. The average Bonchev–Trinajstić information content (AvgIpc) is 3.01. The van der Waals surface area contributed by atoms with Crippen LogP contribution in [-0.2, 0) is 16.0 Å². The van der Waals surface area contributed by atoms with Gasteiger partial charge in [-0.2, -0.15) is 0 Å². The number of carbonyl (C=O) groups is 1. The molecule has 9 nitrogen and oxygen atoms in total. The molecule has 0 spiro atoms. The molecule has 4 aromatic rings. The summed E-state index contributed by atoms with van der Waals surface area (Å²) >= 11 is 6.41. The van der Waals surface area contributed by atoms with Gasteiger partial charge in [0.2, 0.25) is 0 Å². The summed E-state index contributed by atoms with van der Waals surface area (Å²) in [5.74, 6) is -1.30. The fourth-order valence-electron chi connectivity index (χ4n) is 6.45. The number of aromatic nitrogens is 1. The van der Waals surface area contributed by atoms with Gasteiger partial charge in [-0.1, -0.05) is 29.8 Å². The van der Waals surface area contributed by atoms with Crippen LogP contribution in [0.2, 0.25) is 5.02 Å². The lowest BCUT2D eigenvalue weighted by Crippen LogP contribution is -2.45. The fourth-order valence-corrected chi connectivity index (χ4v) is 6.68. The molecule has 2 atom stereocenters. The Labute approximate surface area is 260 Å². The van der Waals surface area contributed by atoms with Crippen molar-refractivity contribution in [2.75, 3.05) is 39.8 Å². The van der Waals surface area contributed by atoms with Crippen LogP contribution < -0.4 is 5.43 Å². The number of rotatable bonds is 7. The molecule has 2 N–H and O–H groups in total. The summed E-state index contributed by atoms with van der Waals surface area (Å²) in [4.78, 5) is 35.6. The molecule has 0 bridgehead atoms. The number of halogens is 1. The highest BCUT2D eigenvalue weighted by molar-refractivity contribution is 6.33. The van der Waals surface area contributed by atoms with Gasteiger partial charge in [-0.3, -0.25) is 14.6 Å². The quantitative estimate of drug-likeness (QED) is 0.270. The third-order valence-corrected chi connectivity index (χ3v) is 9.20. The highest BCUT2D eigenvalue weighted by atomic mass is 35.5. The number of pyridine rings is 1. The molecule has 6 rings (SSSR count). The molecule has 230 valence electrons. The van der Waals surface area contributed by atoms with Crippen molar-refractivity contribution in [1.29, 1.82) is 0 Å². The van der Waals surface area contributed by atoms with Crippen molar-refractivity contribution in [1.82, 2.24) is 14.8 Å². The van der Waals surface area contributed by atoms with Gasteiger partial charge in [0, 0.05) is 60.6 Å². The number of piperidine rings is 2. The van der Waals surface area contributed by atoms with E-state index in [0.29, 0.717) is 48.5 Å². The number of hydrogen-bond donors (Lipinski definition) is 2. The molecule has 2 aromatic carbocycles. The van der Waals surface area contributed by atoms with Gasteiger partial charge in [0.1, 0.15) is 34.3 Å². The Morgan fingerprint density at radius 2 is 1.82 bits per heavy atom. The second-order valence-electron chi connectivity index (χ2n) is 11.8. The van der Waals surface area contributed by atoms with Crippen LogP contribution >= 0.6 is 11.6 Å². The zero-order chi connectivity index (χ0) is 30.8. The van der Waals surface area contributed by atoms with Crippen molar-refractivity contribution in [3.8, 4) is 22.8 Å². The Bertz CT molecular complexity index is 1700. The number of ether oxygens (including phenoxy) is 1. The van der Waals surface area contributed by atoms with Crippen LogP contribution in [0.1, 0.15) is 36.4 Å². The van der Waals surface area contributed by atoms with Gasteiger partial charge < -0.3 is 29.2 Å². The monoisotopic (exact) mass is 617 g/mol. The smallest absolute Gasteiger partial charge is 0.309 e. The number of fused-ring (bicyclic) bond motifs is 1. The summed E-state index contributed by atoms with van der Waals surface area (Å²) in [6.07, 6.45) is 4.05. The third kappa shape index (κ3) is 6.31. The second-order valence-corrected chi connectivity index (χ2v) is 12.2. The van der Waals surface area contributed by atoms with Crippen LogP contribution in [-0.4, -0.2) is 76.8 Å². The maximum atomic E-state index is 13.5. The van der Waals surface area contributed by atoms with E-state index in [1.165, 1.54) is 12.1 Å². The third-order valence-electron chi connectivity index (χ3n) is 8.87. The maximum Gasteiger partial charge on any atom is 0.309 e. The highest BCUT2D eigenvalue weighted by Gasteiger charge is 2.38. The van der Waals surface area contributed by atoms with Crippen molar-refractivity contribution >= 4 is 28.5 Å². The van der Waals surface area contributed by atoms with Gasteiger partial charge in [-0.05, 0) is 70.2 Å². The van der Waals surface area contributed by atoms with Gasteiger partial charge in [-0.25, -0.2) is 0 Å². The van der Waals surface area contributed by atoms with E-state index in [9.17, 15) is 19.8 Å². The first-order valence-electron chi connectivity index (χ1n) is 15.1. The molecular formula is C34H36ClN3O6. The topological polar surface area (TPSA) is 116 Å². The lowest BCUT2D eigenvalue weighted by atomic mass is 9.85. The number of hydrogen-bond acceptors (Lipinski definition) is 9. The molecule has 44 heavy (non-hydrogen) atoms. The Kier molecular flexibility index (Phi) is 8.88. The average molecular weight is 618 g/mol. The summed E-state index contributed by atoms with van der Waals surface area (Å²) in [5.41, 5.74) is 1.53. The minimum absolute atomic E-state index is 0.0318. The number of aromatic hydroxyl groups is 2. The predicted molar refractivity (Wildman–Crippen MR) is 168 cm³/mol. The number of nitrogens with zero attached hydrogens (tertiary/aromatic N) is 3. The van der Waals surface area contributed by atoms with Crippen LogP contribution in [0, 0.1) is 5.92 Å². The van der Waals surface area contributed by atoms with E-state index >= 15 is 0 Å². The molecule has 4 heterocycles. The molecule has 2 saturated heterocycles. The van der Waals surface area contributed by atoms with E-state index in [2.05, 4.69) is 14.8 Å². The predicted octanol–water partition coefficient (Wildman–Crippen LogP) is 5.21. The molecule has 2 aliphatic heterocycles. The number of likely N-dealkylation sites (tertiary alicyclic amines) is 2. The van der Waals surface area contributed by atoms with Crippen LogP contribution in [0.5, 0.6) is 11.5 Å². The molecule has 0 amide bonds. The number of phenolic OH excluding ortho intramolecular Hbond substituents is 2. The van der Waals surface area contributed by atoms with E-state index in [1.54, 1.807) is 30.5 Å². The molecule has 0 saturated carbocycles. The second kappa shape index (κ2) is 13.0. The lowest BCUT2D eigenvalue weighted by molar-refractivity contribution is -0.159. The van der Waals surface area contributed by atoms with E-state index in [0.717, 1.165) is 31.7 Å². The largest absolute Gasteiger partial charge is 0.507 e. The van der Waals surface area contributed by atoms with Crippen molar-refractivity contribution in [2.24, 2.45) is 5.92 Å². The lowest BCUT2D eigenvalue weighted by Gasteiger charge is -2.38. The molecule has 10 heteroatoms. The molecule has 2 fully saturated rings. The van der Waals surface area contributed by atoms with E-state index in [1.807, 2.05) is 25.2 Å². The van der Waals surface area contributed by atoms with E-state index < -0.39 is 17.5 Å². The first-order valence-corrected chi connectivity index (χ1v) is 15.4. The number of esters is 1. The maximum absolute atomic E-state index is 13.5. The van der Waals surface area contributed by atoms with Crippen LogP contribution in [0.3, 0.4) is 0 Å². The SMILES string of the molecule is CN1CC[C@H](c2c(O)cc(O)c3c(=O)cc(-c4ccccc4Cl)oc23)[C@H](OC(=O)C2CCN(CCc3ccccn3)CC2)C1. The fraction of sp³-hybridized carbons (Fsp3) is 0.382. The summed E-state index contributed by atoms with van der Waals surface area (Å²) in [6.45, 7) is 3.64. The van der Waals surface area contributed by atoms with Gasteiger partial charge in [0.15, 0.2) is 5.43 Å². The zero-order valence-corrected chi connectivity index (χ0v) is 25.4. The van der Waals surface area contributed by atoms with Crippen LogP contribution in [0.15, 0.2) is 70.0 Å². The first kappa shape index (κ1) is 30.1. The highest BCUT2D eigenvalue weighted by Crippen LogP contribution is 2.44. The van der Waals surface area contributed by atoms with Gasteiger partial charge in [0.25, 0.3) is 0 Å². The molecule has 0 aliphatic carbocycles. The molecule has 0 unspecified atom stereocenters. The molecular weight excluding hydrogens is 582 g/mol. The Morgan fingerprint density at radius 1 is 1.05 bits per heavy atom. The van der Waals surface area contributed by atoms with Gasteiger partial charge in [-0.15, -0.1) is 0 Å². The number of likely N-dealkylation sites (N-methyl/N-ethyl adjacent to an activating group) is 1. The van der Waals surface area contributed by atoms with Gasteiger partial charge in [0.05, 0.1) is 10.9 Å². The van der Waals surface area contributed by atoms with E-state index in [4.69, 9.17) is 20.8 Å². The number of phenols is 2. The normalized spacial score (nSPS) is 20.1. The van der Waals surface area contributed by atoms with Gasteiger partial charge >= 0.3 is 5.97 Å². The summed E-state index contributed by atoms with van der Waals surface area (Å²) in [6, 6.07) is 15.4. The minimum Gasteiger partial charge on any atom is -0.507 e. The minimum atomic E-state index is -0.587. The van der Waals surface area contributed by atoms with Crippen molar-refractivity contribution in [3.05, 3.63) is 87.3 Å². The van der Waals surface area contributed by atoms with Crippen LogP contribution in [0.25, 0.3) is 22.3 Å². The van der Waals surface area contributed by atoms with Crippen molar-refractivity contribution in [3.63, 3.8) is 0 Å². The standard InChI is InChI=1S/C34H36ClN3O6/c1-37-14-12-24(30(20-37)44-34(42)21-9-15-38(16-10-21)17-11-22-6-4-5-13-36-22)31-26(39)18-27(40)32-28(41)19-29(43-33(31)32)23-7-2-3-8-25(23)35/h2-8,13,18-19,21,24,30,39-40H,9-12,14-17,20H2,1H3/t24-,30+/m0/s1. The Morgan fingerprint density at radius 3 is 2.57 bits per heavy atom. The zero-order valence-electron chi connectivity index (χ0n) is 24.6.